The Bertz CT molecular complexity index is 464. The zero-order valence-corrected chi connectivity index (χ0v) is 9.22. The summed E-state index contributed by atoms with van der Waals surface area (Å²) in [6.45, 7) is 0. The molecule has 3 heterocycles. The molecule has 0 aromatic rings. The van der Waals surface area contributed by atoms with Crippen molar-refractivity contribution in [2.45, 2.75) is 31.5 Å². The number of hydrogen-bond acceptors (Lipinski definition) is 4. The first kappa shape index (κ1) is 8.86. The van der Waals surface area contributed by atoms with Gasteiger partial charge in [0.1, 0.15) is 11.8 Å². The topological polar surface area (TPSA) is 52.6 Å². The van der Waals surface area contributed by atoms with Crippen molar-refractivity contribution in [1.82, 2.24) is 0 Å². The lowest BCUT2D eigenvalue weighted by Gasteiger charge is -2.25. The number of hydrogen-bond donors (Lipinski definition) is 0. The molecule has 88 valence electrons. The molecule has 2 aliphatic carbocycles. The SMILES string of the molecule is O=C1OC(=O)C2C3OC(C4=C3C3CCC4C3)C12. The third-order valence-electron chi connectivity index (χ3n) is 5.34. The van der Waals surface area contributed by atoms with Crippen LogP contribution in [0.2, 0.25) is 0 Å². The van der Waals surface area contributed by atoms with Gasteiger partial charge >= 0.3 is 11.9 Å². The summed E-state index contributed by atoms with van der Waals surface area (Å²) >= 11 is 0. The van der Waals surface area contributed by atoms with Crippen molar-refractivity contribution >= 4 is 11.9 Å². The Morgan fingerprint density at radius 2 is 1.41 bits per heavy atom. The van der Waals surface area contributed by atoms with Crippen LogP contribution in [0.5, 0.6) is 0 Å². The normalized spacial score (nSPS) is 53.4. The molecule has 4 bridgehead atoms. The average molecular weight is 232 g/mol. The summed E-state index contributed by atoms with van der Waals surface area (Å²) in [7, 11) is 0. The summed E-state index contributed by atoms with van der Waals surface area (Å²) in [5, 5.41) is 0. The molecule has 6 unspecified atom stereocenters. The van der Waals surface area contributed by atoms with Crippen LogP contribution in [-0.2, 0) is 19.1 Å². The summed E-state index contributed by atoms with van der Waals surface area (Å²) in [5.74, 6) is -0.135. The smallest absolute Gasteiger partial charge is 0.320 e. The van der Waals surface area contributed by atoms with Crippen molar-refractivity contribution in [1.29, 1.82) is 0 Å². The Morgan fingerprint density at radius 3 is 1.94 bits per heavy atom. The maximum atomic E-state index is 11.7. The maximum Gasteiger partial charge on any atom is 0.320 e. The van der Waals surface area contributed by atoms with Crippen LogP contribution < -0.4 is 0 Å². The molecule has 0 aromatic carbocycles. The van der Waals surface area contributed by atoms with Crippen molar-refractivity contribution in [3.05, 3.63) is 11.1 Å². The number of rotatable bonds is 0. The van der Waals surface area contributed by atoms with Gasteiger partial charge in [-0.25, -0.2) is 0 Å². The van der Waals surface area contributed by atoms with Gasteiger partial charge in [-0.1, -0.05) is 0 Å². The van der Waals surface area contributed by atoms with Crippen LogP contribution in [0.4, 0.5) is 0 Å². The number of cyclic esters (lactones) is 2. The highest BCUT2D eigenvalue weighted by atomic mass is 16.6. The second-order valence-electron chi connectivity index (χ2n) is 5.89. The summed E-state index contributed by atoms with van der Waals surface area (Å²) in [6.07, 6.45) is 3.43. The first-order valence-electron chi connectivity index (χ1n) is 6.40. The summed E-state index contributed by atoms with van der Waals surface area (Å²) in [4.78, 5) is 23.4. The van der Waals surface area contributed by atoms with Crippen LogP contribution in [-0.4, -0.2) is 24.1 Å². The van der Waals surface area contributed by atoms with Crippen molar-refractivity contribution in [2.24, 2.45) is 23.7 Å². The first-order chi connectivity index (χ1) is 8.25. The summed E-state index contributed by atoms with van der Waals surface area (Å²) in [6, 6.07) is 0. The maximum absolute atomic E-state index is 11.7. The van der Waals surface area contributed by atoms with E-state index in [1.54, 1.807) is 0 Å². The van der Waals surface area contributed by atoms with E-state index in [0.717, 1.165) is 0 Å². The van der Waals surface area contributed by atoms with Gasteiger partial charge in [-0.15, -0.1) is 0 Å². The van der Waals surface area contributed by atoms with Gasteiger partial charge in [-0.05, 0) is 42.2 Å². The molecular formula is C13H12O4. The molecular weight excluding hydrogens is 220 g/mol. The van der Waals surface area contributed by atoms with Crippen LogP contribution in [0.3, 0.4) is 0 Å². The first-order valence-corrected chi connectivity index (χ1v) is 6.40. The molecule has 6 atom stereocenters. The minimum atomic E-state index is -0.359. The van der Waals surface area contributed by atoms with E-state index in [2.05, 4.69) is 0 Å². The van der Waals surface area contributed by atoms with Crippen LogP contribution >= 0.6 is 0 Å². The highest BCUT2D eigenvalue weighted by Crippen LogP contribution is 2.62. The number of carbonyl (C=O) groups excluding carboxylic acids is 2. The highest BCUT2D eigenvalue weighted by molar-refractivity contribution is 5.99. The van der Waals surface area contributed by atoms with Crippen molar-refractivity contribution in [3.8, 4) is 0 Å². The monoisotopic (exact) mass is 232 g/mol. The zero-order chi connectivity index (χ0) is 11.3. The van der Waals surface area contributed by atoms with Crippen molar-refractivity contribution in [2.75, 3.05) is 0 Å². The van der Waals surface area contributed by atoms with Gasteiger partial charge in [0.15, 0.2) is 0 Å². The Morgan fingerprint density at radius 1 is 0.882 bits per heavy atom. The molecule has 2 saturated heterocycles. The van der Waals surface area contributed by atoms with Crippen LogP contribution in [0.1, 0.15) is 19.3 Å². The number of fused-ring (bicyclic) bond motifs is 11. The van der Waals surface area contributed by atoms with E-state index in [1.807, 2.05) is 0 Å². The fourth-order valence-electron chi connectivity index (χ4n) is 4.82. The quantitative estimate of drug-likeness (QED) is 0.352. The van der Waals surface area contributed by atoms with Crippen LogP contribution in [0.25, 0.3) is 0 Å². The molecule has 0 aromatic heterocycles. The van der Waals surface area contributed by atoms with Gasteiger partial charge in [-0.2, -0.15) is 0 Å². The van der Waals surface area contributed by atoms with E-state index in [0.29, 0.717) is 11.8 Å². The lowest BCUT2D eigenvalue weighted by molar-refractivity contribution is -0.156. The van der Waals surface area contributed by atoms with Gasteiger partial charge in [0, 0.05) is 0 Å². The van der Waals surface area contributed by atoms with Crippen LogP contribution in [0.15, 0.2) is 11.1 Å². The Kier molecular flexibility index (Phi) is 1.29. The highest BCUT2D eigenvalue weighted by Gasteiger charge is 2.67. The van der Waals surface area contributed by atoms with Gasteiger partial charge in [0.05, 0.1) is 12.2 Å². The molecule has 5 rings (SSSR count). The zero-order valence-electron chi connectivity index (χ0n) is 9.22. The molecule has 3 fully saturated rings. The van der Waals surface area contributed by atoms with Crippen molar-refractivity contribution < 1.29 is 19.1 Å². The molecule has 5 aliphatic rings. The molecule has 0 radical (unpaired) electrons. The fourth-order valence-corrected chi connectivity index (χ4v) is 4.82. The van der Waals surface area contributed by atoms with Gasteiger partial charge in [-0.3, -0.25) is 9.59 Å². The van der Waals surface area contributed by atoms with Gasteiger partial charge in [0.2, 0.25) is 0 Å². The van der Waals surface area contributed by atoms with E-state index in [9.17, 15) is 9.59 Å². The molecule has 3 aliphatic heterocycles. The van der Waals surface area contributed by atoms with E-state index >= 15 is 0 Å². The Hall–Kier alpha value is -1.16. The lowest BCUT2D eigenvalue weighted by Crippen LogP contribution is -2.33. The van der Waals surface area contributed by atoms with Gasteiger partial charge < -0.3 is 9.47 Å². The third kappa shape index (κ3) is 0.785. The molecule has 4 nitrogen and oxygen atoms in total. The molecule has 17 heavy (non-hydrogen) atoms. The predicted molar refractivity (Wildman–Crippen MR) is 54.6 cm³/mol. The number of esters is 2. The number of ether oxygens (including phenoxy) is 2. The Labute approximate surface area is 97.9 Å². The van der Waals surface area contributed by atoms with E-state index in [4.69, 9.17) is 9.47 Å². The minimum absolute atomic E-state index is 0.130. The van der Waals surface area contributed by atoms with E-state index in [-0.39, 0.29) is 36.0 Å². The van der Waals surface area contributed by atoms with Gasteiger partial charge in [0.25, 0.3) is 0 Å². The summed E-state index contributed by atoms with van der Waals surface area (Å²) < 4.78 is 10.7. The van der Waals surface area contributed by atoms with Crippen molar-refractivity contribution in [3.63, 3.8) is 0 Å². The number of carbonyl (C=O) groups is 2. The Balaban J connectivity index is 1.69. The third-order valence-corrected chi connectivity index (χ3v) is 5.34. The molecule has 0 N–H and O–H groups in total. The molecule has 1 saturated carbocycles. The molecule has 0 amide bonds. The standard InChI is InChI=1S/C13H12O4/c14-12-8-9(13(15)17-12)11-7-5-2-1-4(3-5)6(7)10(8)16-11/h4-5,8-11H,1-3H2. The lowest BCUT2D eigenvalue weighted by atomic mass is 9.72. The van der Waals surface area contributed by atoms with E-state index < -0.39 is 0 Å². The largest absolute Gasteiger partial charge is 0.393 e. The second kappa shape index (κ2) is 2.48. The average Bonchev–Trinajstić information content (AvgIpc) is 3.03. The predicted octanol–water partition coefficient (Wildman–Crippen LogP) is 0.810. The molecule has 0 spiro atoms. The second-order valence-corrected chi connectivity index (χ2v) is 5.89. The fraction of sp³-hybridized carbons (Fsp3) is 0.692. The molecule has 4 heteroatoms. The summed E-state index contributed by atoms with van der Waals surface area (Å²) in [5.41, 5.74) is 2.75. The van der Waals surface area contributed by atoms with E-state index in [1.165, 1.54) is 30.4 Å². The van der Waals surface area contributed by atoms with Crippen LogP contribution in [0, 0.1) is 23.7 Å². The minimum Gasteiger partial charge on any atom is -0.393 e.